The van der Waals surface area contributed by atoms with Crippen LogP contribution in [0.5, 0.6) is 5.75 Å². The summed E-state index contributed by atoms with van der Waals surface area (Å²) in [6.45, 7) is 3.97. The van der Waals surface area contributed by atoms with Crippen molar-refractivity contribution >= 4 is 40.7 Å². The molecule has 1 aromatic heterocycles. The predicted molar refractivity (Wildman–Crippen MR) is 117 cm³/mol. The molecule has 0 spiro atoms. The van der Waals surface area contributed by atoms with E-state index in [-0.39, 0.29) is 11.8 Å². The van der Waals surface area contributed by atoms with Gasteiger partial charge in [0.2, 0.25) is 5.95 Å². The van der Waals surface area contributed by atoms with Crippen LogP contribution in [0.15, 0.2) is 48.5 Å². The Morgan fingerprint density at radius 1 is 1.03 bits per heavy atom. The molecule has 0 fully saturated rings. The van der Waals surface area contributed by atoms with E-state index in [1.54, 1.807) is 30.3 Å². The number of para-hydroxylation sites is 1. The molecule has 5 nitrogen and oxygen atoms in total. The molecular formula is C21H19Cl2F3N4O. The van der Waals surface area contributed by atoms with E-state index in [1.807, 2.05) is 13.8 Å². The third-order valence-corrected chi connectivity index (χ3v) is 4.92. The Morgan fingerprint density at radius 3 is 2.35 bits per heavy atom. The standard InChI is InChI=1S/C21H19Cl2F3N4O/c1-3-12(2)27-20-28-17(13-6-4-7-14(10-13)31-21(24,25)26)11-18(30-20)29-19-15(22)8-5-9-16(19)23/h4-12H,3H2,1-2H3,(H2,27,28,29,30)/t12-/m0/s1. The van der Waals surface area contributed by atoms with E-state index in [0.29, 0.717) is 38.8 Å². The smallest absolute Gasteiger partial charge is 0.406 e. The number of nitrogens with one attached hydrogen (secondary N) is 2. The SMILES string of the molecule is CC[C@H](C)Nc1nc(Nc2c(Cl)cccc2Cl)cc(-c2cccc(OC(F)(F)F)c2)n1. The van der Waals surface area contributed by atoms with Gasteiger partial charge in [0, 0.05) is 17.7 Å². The lowest BCUT2D eigenvalue weighted by molar-refractivity contribution is -0.274. The fourth-order valence-electron chi connectivity index (χ4n) is 2.64. The van der Waals surface area contributed by atoms with E-state index in [9.17, 15) is 13.2 Å². The summed E-state index contributed by atoms with van der Waals surface area (Å²) >= 11 is 12.5. The Bertz CT molecular complexity index is 1040. The molecule has 2 N–H and O–H groups in total. The summed E-state index contributed by atoms with van der Waals surface area (Å²) in [6, 6.07) is 12.3. The molecule has 0 saturated heterocycles. The van der Waals surface area contributed by atoms with Crippen molar-refractivity contribution < 1.29 is 17.9 Å². The first-order valence-corrected chi connectivity index (χ1v) is 10.1. The highest BCUT2D eigenvalue weighted by Gasteiger charge is 2.31. The van der Waals surface area contributed by atoms with Crippen LogP contribution in [-0.4, -0.2) is 22.4 Å². The van der Waals surface area contributed by atoms with Crippen molar-refractivity contribution in [1.29, 1.82) is 0 Å². The lowest BCUT2D eigenvalue weighted by Crippen LogP contribution is -2.17. The largest absolute Gasteiger partial charge is 0.573 e. The average molecular weight is 471 g/mol. The Hall–Kier alpha value is -2.71. The second kappa shape index (κ2) is 9.62. The van der Waals surface area contributed by atoms with Crippen molar-refractivity contribution in [3.8, 4) is 17.0 Å². The molecule has 1 atom stereocenters. The van der Waals surface area contributed by atoms with Crippen molar-refractivity contribution in [2.75, 3.05) is 10.6 Å². The molecule has 0 radical (unpaired) electrons. The minimum atomic E-state index is -4.79. The zero-order valence-electron chi connectivity index (χ0n) is 16.6. The van der Waals surface area contributed by atoms with Crippen LogP contribution in [0.4, 0.5) is 30.6 Å². The van der Waals surface area contributed by atoms with Crippen LogP contribution in [0.25, 0.3) is 11.3 Å². The molecule has 0 aliphatic rings. The highest BCUT2D eigenvalue weighted by molar-refractivity contribution is 6.39. The van der Waals surface area contributed by atoms with E-state index >= 15 is 0 Å². The molecule has 164 valence electrons. The third-order valence-electron chi connectivity index (χ3n) is 4.29. The minimum Gasteiger partial charge on any atom is -0.406 e. The van der Waals surface area contributed by atoms with Gasteiger partial charge in [0.05, 0.1) is 21.4 Å². The number of aromatic nitrogens is 2. The first-order chi connectivity index (χ1) is 14.6. The fraction of sp³-hybridized carbons (Fsp3) is 0.238. The van der Waals surface area contributed by atoms with Gasteiger partial charge >= 0.3 is 6.36 Å². The fourth-order valence-corrected chi connectivity index (χ4v) is 3.14. The first-order valence-electron chi connectivity index (χ1n) is 9.37. The summed E-state index contributed by atoms with van der Waals surface area (Å²) in [7, 11) is 0. The molecule has 1 heterocycles. The quantitative estimate of drug-likeness (QED) is 0.379. The molecule has 0 amide bonds. The van der Waals surface area contributed by atoms with Crippen LogP contribution < -0.4 is 15.4 Å². The molecular weight excluding hydrogens is 452 g/mol. The van der Waals surface area contributed by atoms with Gasteiger partial charge in [-0.3, -0.25) is 0 Å². The Balaban J connectivity index is 2.03. The lowest BCUT2D eigenvalue weighted by Gasteiger charge is -2.16. The zero-order chi connectivity index (χ0) is 22.6. The first kappa shape index (κ1) is 23.0. The molecule has 0 aliphatic carbocycles. The number of alkyl halides is 3. The number of hydrogen-bond acceptors (Lipinski definition) is 5. The molecule has 0 saturated carbocycles. The van der Waals surface area contributed by atoms with Gasteiger partial charge in [-0.25, -0.2) is 4.98 Å². The Kier molecular flexibility index (Phi) is 7.12. The number of halogens is 5. The number of nitrogens with zero attached hydrogens (tertiary/aromatic N) is 2. The molecule has 31 heavy (non-hydrogen) atoms. The number of benzene rings is 2. The number of hydrogen-bond donors (Lipinski definition) is 2. The van der Waals surface area contributed by atoms with E-state index < -0.39 is 6.36 Å². The van der Waals surface area contributed by atoms with Gasteiger partial charge in [-0.1, -0.05) is 48.3 Å². The van der Waals surface area contributed by atoms with E-state index in [4.69, 9.17) is 23.2 Å². The zero-order valence-corrected chi connectivity index (χ0v) is 18.1. The molecule has 2 aromatic carbocycles. The molecule has 3 aromatic rings. The predicted octanol–water partition coefficient (Wildman–Crippen LogP) is 7.30. The van der Waals surface area contributed by atoms with Crippen molar-refractivity contribution in [3.05, 3.63) is 58.6 Å². The number of anilines is 3. The summed E-state index contributed by atoms with van der Waals surface area (Å²) < 4.78 is 41.9. The van der Waals surface area contributed by atoms with Gasteiger partial charge in [0.15, 0.2) is 0 Å². The normalized spacial score (nSPS) is 12.4. The van der Waals surface area contributed by atoms with Crippen molar-refractivity contribution in [1.82, 2.24) is 9.97 Å². The van der Waals surface area contributed by atoms with Crippen LogP contribution in [-0.2, 0) is 0 Å². The van der Waals surface area contributed by atoms with Crippen molar-refractivity contribution in [2.45, 2.75) is 32.7 Å². The number of rotatable bonds is 7. The van der Waals surface area contributed by atoms with Gasteiger partial charge in [-0.05, 0) is 37.6 Å². The minimum absolute atomic E-state index is 0.0758. The third kappa shape index (κ3) is 6.38. The second-order valence-electron chi connectivity index (χ2n) is 6.71. The maximum Gasteiger partial charge on any atom is 0.573 e. The maximum absolute atomic E-state index is 12.6. The van der Waals surface area contributed by atoms with Crippen LogP contribution in [0.2, 0.25) is 10.0 Å². The molecule has 10 heteroatoms. The topological polar surface area (TPSA) is 59.1 Å². The second-order valence-corrected chi connectivity index (χ2v) is 7.53. The number of ether oxygens (including phenoxy) is 1. The summed E-state index contributed by atoms with van der Waals surface area (Å²) in [4.78, 5) is 8.89. The van der Waals surface area contributed by atoms with Crippen LogP contribution in [0, 0.1) is 0 Å². The van der Waals surface area contributed by atoms with Crippen LogP contribution in [0.1, 0.15) is 20.3 Å². The van der Waals surface area contributed by atoms with Crippen LogP contribution in [0.3, 0.4) is 0 Å². The van der Waals surface area contributed by atoms with Gasteiger partial charge < -0.3 is 15.4 Å². The summed E-state index contributed by atoms with van der Waals surface area (Å²) in [5.41, 5.74) is 1.27. The highest BCUT2D eigenvalue weighted by atomic mass is 35.5. The Morgan fingerprint density at radius 2 is 1.71 bits per heavy atom. The summed E-state index contributed by atoms with van der Waals surface area (Å²) in [6.07, 6.45) is -3.97. The van der Waals surface area contributed by atoms with E-state index in [0.717, 1.165) is 6.42 Å². The van der Waals surface area contributed by atoms with E-state index in [1.165, 1.54) is 18.2 Å². The van der Waals surface area contributed by atoms with Gasteiger partial charge in [-0.15, -0.1) is 13.2 Å². The molecule has 0 bridgehead atoms. The van der Waals surface area contributed by atoms with E-state index in [2.05, 4.69) is 25.3 Å². The lowest BCUT2D eigenvalue weighted by atomic mass is 10.1. The summed E-state index contributed by atoms with van der Waals surface area (Å²) in [5, 5.41) is 7.03. The highest BCUT2D eigenvalue weighted by Crippen LogP contribution is 2.34. The monoisotopic (exact) mass is 470 g/mol. The molecule has 0 aliphatic heterocycles. The van der Waals surface area contributed by atoms with Gasteiger partial charge in [0.1, 0.15) is 11.6 Å². The van der Waals surface area contributed by atoms with Crippen molar-refractivity contribution in [3.63, 3.8) is 0 Å². The summed E-state index contributed by atoms with van der Waals surface area (Å²) in [5.74, 6) is 0.330. The Labute approximate surface area is 187 Å². The van der Waals surface area contributed by atoms with Crippen LogP contribution >= 0.6 is 23.2 Å². The van der Waals surface area contributed by atoms with Gasteiger partial charge in [-0.2, -0.15) is 4.98 Å². The molecule has 0 unspecified atom stereocenters. The van der Waals surface area contributed by atoms with Crippen molar-refractivity contribution in [2.24, 2.45) is 0 Å². The van der Waals surface area contributed by atoms with Gasteiger partial charge in [0.25, 0.3) is 0 Å². The molecule has 3 rings (SSSR count). The average Bonchev–Trinajstić information content (AvgIpc) is 2.69. The maximum atomic E-state index is 12.6.